The molecule has 66 valence electrons. The van der Waals surface area contributed by atoms with Crippen LogP contribution in [0.3, 0.4) is 0 Å². The van der Waals surface area contributed by atoms with Crippen LogP contribution in [0.4, 0.5) is 0 Å². The van der Waals surface area contributed by atoms with Crippen molar-refractivity contribution in [3.8, 4) is 0 Å². The Labute approximate surface area is 76.9 Å². The van der Waals surface area contributed by atoms with Crippen LogP contribution in [0.15, 0.2) is 22.3 Å². The average molecular weight is 330 g/mol. The normalized spacial score (nSPS) is 19.2. The second-order valence-electron chi connectivity index (χ2n) is 2.41. The number of allylic oxidation sites excluding steroid dienone is 4. The SMILES string of the molecule is C[O][Ir-][C]1=CCCC=CCC1. The first-order valence-electron chi connectivity index (χ1n) is 3.91. The fourth-order valence-electron chi connectivity index (χ4n) is 1.03. The molecule has 1 rings (SSSR count). The minimum atomic E-state index is -0.220. The maximum atomic E-state index is 5.21. The average Bonchev–Trinajstić information content (AvgIpc) is 1.94. The minimum absolute atomic E-state index is 0.220. The van der Waals surface area contributed by atoms with Gasteiger partial charge in [0.25, 0.3) is 0 Å². The predicted molar refractivity (Wildman–Crippen MR) is 42.7 cm³/mol. The molecule has 1 aliphatic rings. The van der Waals surface area contributed by atoms with E-state index in [9.17, 15) is 0 Å². The Hall–Kier alpha value is 0.0894. The summed E-state index contributed by atoms with van der Waals surface area (Å²) in [5.41, 5.74) is 0. The Morgan fingerprint density at radius 3 is 2.91 bits per heavy atom. The van der Waals surface area contributed by atoms with E-state index >= 15 is 0 Å². The summed E-state index contributed by atoms with van der Waals surface area (Å²) in [6.07, 6.45) is 11.8. The van der Waals surface area contributed by atoms with Crippen LogP contribution in [-0.4, -0.2) is 7.11 Å². The Kier molecular flexibility index (Phi) is 4.76. The fourth-order valence-corrected chi connectivity index (χ4v) is 2.79. The first-order chi connectivity index (χ1) is 5.43. The van der Waals surface area contributed by atoms with Crippen molar-refractivity contribution in [3.63, 3.8) is 0 Å². The van der Waals surface area contributed by atoms with E-state index < -0.39 is 0 Å². The quantitative estimate of drug-likeness (QED) is 0.707. The zero-order valence-corrected chi connectivity index (χ0v) is 9.20. The summed E-state index contributed by atoms with van der Waals surface area (Å²) in [6, 6.07) is 0. The van der Waals surface area contributed by atoms with Crippen LogP contribution in [0.5, 0.6) is 0 Å². The fraction of sp³-hybridized carbons (Fsp3) is 0.556. The number of hydrogen-bond donors (Lipinski definition) is 0. The molecule has 0 fully saturated rings. The van der Waals surface area contributed by atoms with Crippen molar-refractivity contribution in [2.45, 2.75) is 25.7 Å². The van der Waals surface area contributed by atoms with Crippen molar-refractivity contribution in [2.24, 2.45) is 0 Å². The van der Waals surface area contributed by atoms with Crippen molar-refractivity contribution in [1.82, 2.24) is 0 Å². The number of rotatable bonds is 2. The van der Waals surface area contributed by atoms with Crippen molar-refractivity contribution >= 4 is 0 Å². The molecule has 0 atom stereocenters. The van der Waals surface area contributed by atoms with E-state index in [0.717, 1.165) is 0 Å². The molecule has 0 saturated heterocycles. The van der Waals surface area contributed by atoms with E-state index in [1.54, 1.807) is 4.09 Å². The topological polar surface area (TPSA) is 9.23 Å². The van der Waals surface area contributed by atoms with Crippen molar-refractivity contribution in [2.75, 3.05) is 7.11 Å². The molecule has 0 bridgehead atoms. The number of hydrogen-bond acceptors (Lipinski definition) is 1. The summed E-state index contributed by atoms with van der Waals surface area (Å²) in [5.74, 6) is 0. The molecule has 0 amide bonds. The van der Waals surface area contributed by atoms with Gasteiger partial charge in [0.1, 0.15) is 0 Å². The molecule has 0 aromatic carbocycles. The van der Waals surface area contributed by atoms with Gasteiger partial charge in [-0.3, -0.25) is 0 Å². The molecular formula is C9H14IrO-. The Balaban J connectivity index is 2.37. The molecule has 0 saturated carbocycles. The van der Waals surface area contributed by atoms with Gasteiger partial charge < -0.3 is 0 Å². The monoisotopic (exact) mass is 331 g/mol. The van der Waals surface area contributed by atoms with Gasteiger partial charge in [0, 0.05) is 0 Å². The third kappa shape index (κ3) is 3.85. The second-order valence-corrected chi connectivity index (χ2v) is 5.42. The van der Waals surface area contributed by atoms with Crippen LogP contribution in [0, 0.1) is 0 Å². The standard InChI is InChI=1S/C8H11.CH3O.Ir/c1-2-4-6-8-7-5-3-1;1-2;/h1-2,7H,3-6H2;1H3;/q;-1;. The zero-order valence-electron chi connectivity index (χ0n) is 6.80. The van der Waals surface area contributed by atoms with E-state index in [-0.39, 0.29) is 18.1 Å². The van der Waals surface area contributed by atoms with E-state index in [4.69, 9.17) is 3.50 Å². The van der Waals surface area contributed by atoms with Crippen LogP contribution in [-0.2, 0) is 21.6 Å². The van der Waals surface area contributed by atoms with E-state index in [2.05, 4.69) is 18.2 Å². The van der Waals surface area contributed by atoms with E-state index in [1.807, 2.05) is 7.11 Å². The molecule has 0 aliphatic heterocycles. The summed E-state index contributed by atoms with van der Waals surface area (Å²) in [6.45, 7) is 0. The molecule has 0 unspecified atom stereocenters. The Bertz CT molecular complexity index is 161. The van der Waals surface area contributed by atoms with E-state index in [0.29, 0.717) is 0 Å². The summed E-state index contributed by atoms with van der Waals surface area (Å²) >= 11 is -0.220. The predicted octanol–water partition coefficient (Wildman–Crippen LogP) is 2.64. The van der Waals surface area contributed by atoms with Crippen LogP contribution in [0.1, 0.15) is 25.7 Å². The first kappa shape index (κ1) is 9.18. The molecule has 0 radical (unpaired) electrons. The molecule has 0 aromatic heterocycles. The van der Waals surface area contributed by atoms with Gasteiger partial charge in [0.15, 0.2) is 0 Å². The van der Waals surface area contributed by atoms with E-state index in [1.165, 1.54) is 25.7 Å². The summed E-state index contributed by atoms with van der Waals surface area (Å²) in [5, 5.41) is 0. The Morgan fingerprint density at radius 1 is 1.27 bits per heavy atom. The summed E-state index contributed by atoms with van der Waals surface area (Å²) < 4.78 is 6.79. The molecule has 1 aliphatic carbocycles. The van der Waals surface area contributed by atoms with Gasteiger partial charge in [-0.2, -0.15) is 0 Å². The zero-order chi connectivity index (χ0) is 7.94. The van der Waals surface area contributed by atoms with Crippen LogP contribution in [0.25, 0.3) is 0 Å². The molecular weight excluding hydrogens is 316 g/mol. The molecule has 2 heteroatoms. The van der Waals surface area contributed by atoms with Gasteiger partial charge in [-0.15, -0.1) is 0 Å². The maximum absolute atomic E-state index is 5.21. The third-order valence-electron chi connectivity index (χ3n) is 1.55. The molecule has 11 heavy (non-hydrogen) atoms. The van der Waals surface area contributed by atoms with Crippen molar-refractivity contribution in [1.29, 1.82) is 0 Å². The molecule has 0 spiro atoms. The van der Waals surface area contributed by atoms with Gasteiger partial charge in [0.05, 0.1) is 0 Å². The van der Waals surface area contributed by atoms with Crippen LogP contribution >= 0.6 is 0 Å². The summed E-state index contributed by atoms with van der Waals surface area (Å²) in [4.78, 5) is 0. The van der Waals surface area contributed by atoms with Crippen molar-refractivity contribution < 1.29 is 21.6 Å². The van der Waals surface area contributed by atoms with Crippen LogP contribution in [0.2, 0.25) is 0 Å². The molecule has 0 N–H and O–H groups in total. The van der Waals surface area contributed by atoms with Crippen molar-refractivity contribution in [3.05, 3.63) is 22.3 Å². The Morgan fingerprint density at radius 2 is 2.09 bits per heavy atom. The summed E-state index contributed by atoms with van der Waals surface area (Å²) in [7, 11) is 1.81. The van der Waals surface area contributed by atoms with Gasteiger partial charge in [-0.25, -0.2) is 0 Å². The van der Waals surface area contributed by atoms with Gasteiger partial charge in [0.2, 0.25) is 0 Å². The van der Waals surface area contributed by atoms with Gasteiger partial charge in [-0.1, -0.05) is 0 Å². The molecule has 1 nitrogen and oxygen atoms in total. The van der Waals surface area contributed by atoms with Gasteiger partial charge >= 0.3 is 76.7 Å². The van der Waals surface area contributed by atoms with Crippen LogP contribution < -0.4 is 0 Å². The molecule has 0 aromatic rings. The first-order valence-corrected chi connectivity index (χ1v) is 6.09. The third-order valence-corrected chi connectivity index (χ3v) is 3.76. The molecule has 0 heterocycles. The second kappa shape index (κ2) is 5.70. The van der Waals surface area contributed by atoms with Gasteiger partial charge in [-0.05, 0) is 0 Å².